The monoisotopic (exact) mass is 198 g/mol. The Kier molecular flexibility index (Phi) is 3.22. The second-order valence-electron chi connectivity index (χ2n) is 2.76. The van der Waals surface area contributed by atoms with E-state index in [-0.39, 0.29) is 24.6 Å². The normalized spacial score (nSPS) is 9.79. The number of carboxylic acids is 1. The zero-order chi connectivity index (χ0) is 10.6. The van der Waals surface area contributed by atoms with E-state index in [1.54, 1.807) is 0 Å². The molecule has 0 radical (unpaired) electrons. The van der Waals surface area contributed by atoms with E-state index in [4.69, 9.17) is 5.11 Å². The number of rotatable bonds is 4. The van der Waals surface area contributed by atoms with Crippen LogP contribution in [0.3, 0.4) is 0 Å². The van der Waals surface area contributed by atoms with Crippen LogP contribution in [0.25, 0.3) is 0 Å². The molecule has 0 bridgehead atoms. The van der Waals surface area contributed by atoms with Crippen molar-refractivity contribution in [1.82, 2.24) is 10.1 Å². The third kappa shape index (κ3) is 2.58. The smallest absolute Gasteiger partial charge is 0.305 e. The van der Waals surface area contributed by atoms with Crippen molar-refractivity contribution >= 4 is 11.9 Å². The molecule has 0 aromatic carbocycles. The van der Waals surface area contributed by atoms with Crippen LogP contribution in [0.2, 0.25) is 0 Å². The van der Waals surface area contributed by atoms with Crippen molar-refractivity contribution in [3.05, 3.63) is 18.0 Å². The third-order valence-electron chi connectivity index (χ3n) is 1.66. The number of hydrogen-bond donors (Lipinski definition) is 1. The van der Waals surface area contributed by atoms with Crippen LogP contribution in [-0.2, 0) is 4.79 Å². The second-order valence-corrected chi connectivity index (χ2v) is 2.76. The average molecular weight is 198 g/mol. The molecule has 1 rings (SSSR count). The maximum atomic E-state index is 11.4. The van der Waals surface area contributed by atoms with Crippen molar-refractivity contribution in [2.24, 2.45) is 0 Å². The molecule has 0 saturated carbocycles. The zero-order valence-corrected chi connectivity index (χ0v) is 7.64. The fourth-order valence-corrected chi connectivity index (χ4v) is 0.883. The summed E-state index contributed by atoms with van der Waals surface area (Å²) in [4.78, 5) is 23.0. The highest BCUT2D eigenvalue weighted by Gasteiger charge is 2.14. The Balaban J connectivity index is 2.49. The molecule has 0 atom stereocenters. The van der Waals surface area contributed by atoms with E-state index in [1.165, 1.54) is 24.3 Å². The fourth-order valence-electron chi connectivity index (χ4n) is 0.883. The molecule has 0 fully saturated rings. The highest BCUT2D eigenvalue weighted by Crippen LogP contribution is 2.00. The number of carbonyl (C=O) groups excluding carboxylic acids is 1. The molecule has 6 heteroatoms. The summed E-state index contributed by atoms with van der Waals surface area (Å²) in [5, 5.41) is 11.9. The molecule has 0 aliphatic heterocycles. The minimum atomic E-state index is -0.940. The van der Waals surface area contributed by atoms with Gasteiger partial charge >= 0.3 is 5.97 Å². The molecule has 6 nitrogen and oxygen atoms in total. The molecule has 0 unspecified atom stereocenters. The Labute approximate surface area is 80.1 Å². The molecular formula is C8H10N2O4. The van der Waals surface area contributed by atoms with Crippen LogP contribution in [-0.4, -0.2) is 40.6 Å². The minimum absolute atomic E-state index is 0.0832. The van der Waals surface area contributed by atoms with E-state index >= 15 is 0 Å². The van der Waals surface area contributed by atoms with Crippen LogP contribution in [0.4, 0.5) is 0 Å². The summed E-state index contributed by atoms with van der Waals surface area (Å²) < 4.78 is 4.50. The van der Waals surface area contributed by atoms with Gasteiger partial charge in [0.15, 0.2) is 5.69 Å². The predicted molar refractivity (Wildman–Crippen MR) is 45.7 cm³/mol. The predicted octanol–water partition coefficient (Wildman–Crippen LogP) is 0.221. The van der Waals surface area contributed by atoms with Gasteiger partial charge in [-0.1, -0.05) is 5.16 Å². The first-order chi connectivity index (χ1) is 6.61. The number of hydrogen-bond acceptors (Lipinski definition) is 4. The van der Waals surface area contributed by atoms with Crippen LogP contribution in [0.5, 0.6) is 0 Å². The molecule has 0 saturated heterocycles. The van der Waals surface area contributed by atoms with Crippen LogP contribution < -0.4 is 0 Å². The lowest BCUT2D eigenvalue weighted by atomic mass is 10.3. The van der Waals surface area contributed by atoms with Gasteiger partial charge in [0.05, 0.1) is 6.42 Å². The van der Waals surface area contributed by atoms with Gasteiger partial charge in [-0.05, 0) is 0 Å². The van der Waals surface area contributed by atoms with Gasteiger partial charge < -0.3 is 14.5 Å². The van der Waals surface area contributed by atoms with Crippen LogP contribution >= 0.6 is 0 Å². The Morgan fingerprint density at radius 1 is 1.64 bits per heavy atom. The van der Waals surface area contributed by atoms with E-state index in [0.29, 0.717) is 0 Å². The van der Waals surface area contributed by atoms with E-state index in [9.17, 15) is 9.59 Å². The molecule has 1 aromatic rings. The highest BCUT2D eigenvalue weighted by molar-refractivity contribution is 5.92. The summed E-state index contributed by atoms with van der Waals surface area (Å²) >= 11 is 0. The molecule has 1 heterocycles. The molecular weight excluding hydrogens is 188 g/mol. The zero-order valence-electron chi connectivity index (χ0n) is 7.64. The quantitative estimate of drug-likeness (QED) is 0.748. The van der Waals surface area contributed by atoms with Crippen molar-refractivity contribution in [2.75, 3.05) is 13.6 Å². The van der Waals surface area contributed by atoms with Gasteiger partial charge in [-0.15, -0.1) is 0 Å². The van der Waals surface area contributed by atoms with E-state index in [1.807, 2.05) is 0 Å². The molecule has 1 N–H and O–H groups in total. The summed E-state index contributed by atoms with van der Waals surface area (Å²) in [5.41, 5.74) is 0.179. The standard InChI is InChI=1S/C8H10N2O4/c1-10(4-2-7(11)12)8(13)6-3-5-14-9-6/h3,5H,2,4H2,1H3,(H,11,12). The second kappa shape index (κ2) is 4.40. The number of carbonyl (C=O) groups is 2. The molecule has 1 amide bonds. The minimum Gasteiger partial charge on any atom is -0.481 e. The fraction of sp³-hybridized carbons (Fsp3) is 0.375. The van der Waals surface area contributed by atoms with Crippen LogP contribution in [0, 0.1) is 0 Å². The Morgan fingerprint density at radius 2 is 2.36 bits per heavy atom. The van der Waals surface area contributed by atoms with Gasteiger partial charge in [0.1, 0.15) is 6.26 Å². The molecule has 76 valence electrons. The first-order valence-electron chi connectivity index (χ1n) is 3.99. The number of carboxylic acid groups (broad SMARTS) is 1. The molecule has 1 aromatic heterocycles. The average Bonchev–Trinajstić information content (AvgIpc) is 2.65. The van der Waals surface area contributed by atoms with Gasteiger partial charge in [0.2, 0.25) is 0 Å². The Bertz CT molecular complexity index is 320. The third-order valence-corrected chi connectivity index (χ3v) is 1.66. The van der Waals surface area contributed by atoms with E-state index < -0.39 is 5.97 Å². The van der Waals surface area contributed by atoms with Crippen molar-refractivity contribution in [2.45, 2.75) is 6.42 Å². The summed E-state index contributed by atoms with van der Waals surface area (Å²) in [5.74, 6) is -1.29. The van der Waals surface area contributed by atoms with Gasteiger partial charge in [-0.3, -0.25) is 9.59 Å². The molecule has 14 heavy (non-hydrogen) atoms. The number of aliphatic carboxylic acids is 1. The molecule has 0 aliphatic rings. The van der Waals surface area contributed by atoms with Crippen molar-refractivity contribution in [3.8, 4) is 0 Å². The van der Waals surface area contributed by atoms with Crippen molar-refractivity contribution in [3.63, 3.8) is 0 Å². The van der Waals surface area contributed by atoms with Gasteiger partial charge in [0, 0.05) is 19.7 Å². The summed E-state index contributed by atoms with van der Waals surface area (Å²) in [6.07, 6.45) is 1.21. The molecule has 0 aliphatic carbocycles. The van der Waals surface area contributed by atoms with Crippen molar-refractivity contribution < 1.29 is 19.2 Å². The first-order valence-corrected chi connectivity index (χ1v) is 3.99. The van der Waals surface area contributed by atoms with Crippen LogP contribution in [0.15, 0.2) is 16.9 Å². The highest BCUT2D eigenvalue weighted by atomic mass is 16.5. The lowest BCUT2D eigenvalue weighted by Crippen LogP contribution is -2.29. The number of amides is 1. The Hall–Kier alpha value is -1.85. The van der Waals surface area contributed by atoms with E-state index in [0.717, 1.165) is 0 Å². The SMILES string of the molecule is CN(CCC(=O)O)C(=O)c1ccon1. The van der Waals surface area contributed by atoms with Crippen molar-refractivity contribution in [1.29, 1.82) is 0 Å². The lowest BCUT2D eigenvalue weighted by molar-refractivity contribution is -0.137. The lowest BCUT2D eigenvalue weighted by Gasteiger charge is -2.13. The summed E-state index contributed by atoms with van der Waals surface area (Å²) in [7, 11) is 1.51. The summed E-state index contributed by atoms with van der Waals surface area (Å²) in [6.45, 7) is 0.154. The maximum absolute atomic E-state index is 11.4. The largest absolute Gasteiger partial charge is 0.481 e. The van der Waals surface area contributed by atoms with Gasteiger partial charge in [-0.25, -0.2) is 0 Å². The number of nitrogens with zero attached hydrogens (tertiary/aromatic N) is 2. The Morgan fingerprint density at radius 3 is 2.86 bits per heavy atom. The topological polar surface area (TPSA) is 83.6 Å². The first kappa shape index (κ1) is 10.2. The van der Waals surface area contributed by atoms with Gasteiger partial charge in [0.25, 0.3) is 5.91 Å². The van der Waals surface area contributed by atoms with E-state index in [2.05, 4.69) is 9.68 Å². The summed E-state index contributed by atoms with van der Waals surface area (Å²) in [6, 6.07) is 1.43. The van der Waals surface area contributed by atoms with Gasteiger partial charge in [-0.2, -0.15) is 0 Å². The number of aromatic nitrogens is 1. The van der Waals surface area contributed by atoms with Crippen LogP contribution in [0.1, 0.15) is 16.9 Å². The molecule has 0 spiro atoms. The maximum Gasteiger partial charge on any atom is 0.305 e.